The first-order valence-corrected chi connectivity index (χ1v) is 7.03. The first kappa shape index (κ1) is 14.7. The Bertz CT molecular complexity index is 476. The van der Waals surface area contributed by atoms with Gasteiger partial charge in [-0.05, 0) is 25.0 Å². The number of hydrogen-bond acceptors (Lipinski definition) is 5. The van der Waals surface area contributed by atoms with Gasteiger partial charge in [-0.3, -0.25) is 0 Å². The second kappa shape index (κ2) is 6.61. The van der Waals surface area contributed by atoms with Gasteiger partial charge in [-0.2, -0.15) is 0 Å². The van der Waals surface area contributed by atoms with Crippen LogP contribution in [0, 0.1) is 0 Å². The van der Waals surface area contributed by atoms with Crippen molar-refractivity contribution in [3.63, 3.8) is 0 Å². The number of hydrogen-bond donors (Lipinski definition) is 2. The van der Waals surface area contributed by atoms with Gasteiger partial charge in [0, 0.05) is 6.54 Å². The number of benzene rings is 1. The second-order valence-corrected chi connectivity index (χ2v) is 5.11. The van der Waals surface area contributed by atoms with Crippen LogP contribution in [0.2, 0.25) is 0 Å². The van der Waals surface area contributed by atoms with Crippen molar-refractivity contribution in [2.45, 2.75) is 31.7 Å². The maximum absolute atomic E-state index is 11.9. The van der Waals surface area contributed by atoms with Crippen LogP contribution in [0.25, 0.3) is 0 Å². The smallest absolute Gasteiger partial charge is 0.340 e. The number of aliphatic hydroxyl groups excluding tert-OH is 1. The molecule has 1 aliphatic rings. The Morgan fingerprint density at radius 2 is 2.25 bits per heavy atom. The molecule has 0 saturated carbocycles. The molecule has 1 heterocycles. The van der Waals surface area contributed by atoms with Crippen LogP contribution < -0.4 is 10.6 Å². The van der Waals surface area contributed by atoms with Gasteiger partial charge in [0.1, 0.15) is 0 Å². The third-order valence-corrected chi connectivity index (χ3v) is 3.85. The third kappa shape index (κ3) is 2.88. The lowest BCUT2D eigenvalue weighted by molar-refractivity contribution is 0.0601. The standard InChI is InChI=1S/C15H22N2O3/c1-20-15(19)12-7-5-8-13(16)14(12)17-9-4-2-3-6-11(17)10-18/h5,7-8,11,18H,2-4,6,9-10,16H2,1H3. The van der Waals surface area contributed by atoms with Crippen LogP contribution in [-0.2, 0) is 4.74 Å². The molecule has 20 heavy (non-hydrogen) atoms. The molecular weight excluding hydrogens is 256 g/mol. The van der Waals surface area contributed by atoms with Crippen LogP contribution in [0.1, 0.15) is 36.0 Å². The lowest BCUT2D eigenvalue weighted by Crippen LogP contribution is -2.39. The zero-order chi connectivity index (χ0) is 14.5. The average molecular weight is 278 g/mol. The molecule has 0 aromatic heterocycles. The highest BCUT2D eigenvalue weighted by atomic mass is 16.5. The predicted molar refractivity (Wildman–Crippen MR) is 78.9 cm³/mol. The molecule has 2 rings (SSSR count). The van der Waals surface area contributed by atoms with Crippen molar-refractivity contribution in [1.82, 2.24) is 0 Å². The zero-order valence-electron chi connectivity index (χ0n) is 11.8. The van der Waals surface area contributed by atoms with Crippen molar-refractivity contribution in [3.8, 4) is 0 Å². The molecule has 5 heteroatoms. The van der Waals surface area contributed by atoms with Crippen LogP contribution in [0.15, 0.2) is 18.2 Å². The Morgan fingerprint density at radius 1 is 1.45 bits per heavy atom. The summed E-state index contributed by atoms with van der Waals surface area (Å²) in [5, 5.41) is 9.63. The number of ether oxygens (including phenoxy) is 1. The number of rotatable bonds is 3. The maximum atomic E-state index is 11.9. The molecule has 1 atom stereocenters. The Labute approximate surface area is 119 Å². The number of carbonyl (C=O) groups excluding carboxylic acids is 1. The van der Waals surface area contributed by atoms with Gasteiger partial charge in [0.2, 0.25) is 0 Å². The van der Waals surface area contributed by atoms with E-state index < -0.39 is 5.97 Å². The summed E-state index contributed by atoms with van der Waals surface area (Å²) in [5.74, 6) is -0.395. The van der Waals surface area contributed by atoms with E-state index in [0.717, 1.165) is 32.2 Å². The molecule has 1 unspecified atom stereocenters. The quantitative estimate of drug-likeness (QED) is 0.651. The summed E-state index contributed by atoms with van der Waals surface area (Å²) in [6.07, 6.45) is 4.16. The van der Waals surface area contributed by atoms with E-state index in [1.165, 1.54) is 7.11 Å². The molecule has 5 nitrogen and oxygen atoms in total. The number of nitrogens with zero attached hydrogens (tertiary/aromatic N) is 1. The van der Waals surface area contributed by atoms with Crippen molar-refractivity contribution in [3.05, 3.63) is 23.8 Å². The van der Waals surface area contributed by atoms with Crippen LogP contribution in [0.5, 0.6) is 0 Å². The molecule has 1 saturated heterocycles. The number of aliphatic hydroxyl groups is 1. The summed E-state index contributed by atoms with van der Waals surface area (Å²) in [6, 6.07) is 5.25. The van der Waals surface area contributed by atoms with Gasteiger partial charge in [0.25, 0.3) is 0 Å². The van der Waals surface area contributed by atoms with Gasteiger partial charge in [-0.15, -0.1) is 0 Å². The summed E-state index contributed by atoms with van der Waals surface area (Å²) >= 11 is 0. The highest BCUT2D eigenvalue weighted by molar-refractivity contribution is 5.99. The van der Waals surface area contributed by atoms with E-state index in [0.29, 0.717) is 16.9 Å². The topological polar surface area (TPSA) is 75.8 Å². The summed E-state index contributed by atoms with van der Waals surface area (Å²) < 4.78 is 4.84. The first-order chi connectivity index (χ1) is 9.69. The third-order valence-electron chi connectivity index (χ3n) is 3.85. The van der Waals surface area contributed by atoms with Gasteiger partial charge >= 0.3 is 5.97 Å². The van der Waals surface area contributed by atoms with Crippen molar-refractivity contribution in [2.24, 2.45) is 0 Å². The summed E-state index contributed by atoms with van der Waals surface area (Å²) in [7, 11) is 1.36. The molecular formula is C15H22N2O3. The molecule has 1 aliphatic heterocycles. The minimum atomic E-state index is -0.395. The molecule has 0 spiro atoms. The van der Waals surface area contributed by atoms with E-state index >= 15 is 0 Å². The molecule has 110 valence electrons. The van der Waals surface area contributed by atoms with Crippen LogP contribution in [0.4, 0.5) is 11.4 Å². The fraction of sp³-hybridized carbons (Fsp3) is 0.533. The lowest BCUT2D eigenvalue weighted by atomic mass is 10.1. The Morgan fingerprint density at radius 3 is 2.95 bits per heavy atom. The molecule has 0 bridgehead atoms. The number of esters is 1. The fourth-order valence-corrected chi connectivity index (χ4v) is 2.82. The van der Waals surface area contributed by atoms with E-state index in [1.807, 2.05) is 0 Å². The summed E-state index contributed by atoms with van der Waals surface area (Å²) in [4.78, 5) is 14.0. The van der Waals surface area contributed by atoms with Crippen molar-refractivity contribution in [1.29, 1.82) is 0 Å². The number of nitrogens with two attached hydrogens (primary N) is 1. The van der Waals surface area contributed by atoms with Crippen LogP contribution in [0.3, 0.4) is 0 Å². The fourth-order valence-electron chi connectivity index (χ4n) is 2.82. The monoisotopic (exact) mass is 278 g/mol. The van der Waals surface area contributed by atoms with Gasteiger partial charge < -0.3 is 20.5 Å². The maximum Gasteiger partial charge on any atom is 0.340 e. The van der Waals surface area contributed by atoms with Crippen LogP contribution in [-0.4, -0.2) is 37.4 Å². The van der Waals surface area contributed by atoms with Gasteiger partial charge in [-0.1, -0.05) is 18.9 Å². The minimum Gasteiger partial charge on any atom is -0.465 e. The largest absolute Gasteiger partial charge is 0.465 e. The van der Waals surface area contributed by atoms with E-state index in [2.05, 4.69) is 4.90 Å². The minimum absolute atomic E-state index is 0.00519. The van der Waals surface area contributed by atoms with Gasteiger partial charge in [0.05, 0.1) is 36.7 Å². The van der Waals surface area contributed by atoms with Crippen molar-refractivity contribution < 1.29 is 14.6 Å². The predicted octanol–water partition coefficient (Wildman–Crippen LogP) is 1.80. The summed E-state index contributed by atoms with van der Waals surface area (Å²) in [5.41, 5.74) is 7.79. The lowest BCUT2D eigenvalue weighted by Gasteiger charge is -2.33. The molecule has 1 fully saturated rings. The van der Waals surface area contributed by atoms with Crippen molar-refractivity contribution >= 4 is 17.3 Å². The number of anilines is 2. The highest BCUT2D eigenvalue weighted by Crippen LogP contribution is 2.33. The van der Waals surface area contributed by atoms with Crippen LogP contribution >= 0.6 is 0 Å². The zero-order valence-corrected chi connectivity index (χ0v) is 11.8. The average Bonchev–Trinajstić information content (AvgIpc) is 2.71. The molecule has 1 aromatic rings. The Balaban J connectivity index is 2.45. The number of methoxy groups -OCH3 is 1. The van der Waals surface area contributed by atoms with E-state index in [4.69, 9.17) is 10.5 Å². The number of para-hydroxylation sites is 1. The normalized spacial score (nSPS) is 19.5. The van der Waals surface area contributed by atoms with E-state index in [9.17, 15) is 9.90 Å². The Kier molecular flexibility index (Phi) is 4.84. The summed E-state index contributed by atoms with van der Waals surface area (Å²) in [6.45, 7) is 0.860. The van der Waals surface area contributed by atoms with Gasteiger partial charge in [-0.25, -0.2) is 4.79 Å². The molecule has 0 amide bonds. The van der Waals surface area contributed by atoms with Crippen molar-refractivity contribution in [2.75, 3.05) is 30.9 Å². The molecule has 0 aliphatic carbocycles. The van der Waals surface area contributed by atoms with Gasteiger partial charge in [0.15, 0.2) is 0 Å². The number of carbonyl (C=O) groups is 1. The van der Waals surface area contributed by atoms with E-state index in [1.54, 1.807) is 18.2 Å². The number of nitrogen functional groups attached to an aromatic ring is 1. The molecule has 3 N–H and O–H groups in total. The Hall–Kier alpha value is -1.75. The highest BCUT2D eigenvalue weighted by Gasteiger charge is 2.26. The molecule has 1 aromatic carbocycles. The molecule has 0 radical (unpaired) electrons. The second-order valence-electron chi connectivity index (χ2n) is 5.11. The SMILES string of the molecule is COC(=O)c1cccc(N)c1N1CCCCCC1CO. The first-order valence-electron chi connectivity index (χ1n) is 7.03. The van der Waals surface area contributed by atoms with E-state index in [-0.39, 0.29) is 12.6 Å².